The molecule has 6 amide bonds. The number of carbonyl (C=O) groups excluding carboxylic acids is 5. The number of aryl methyl sites for hydroxylation is 2. The zero-order valence-electron chi connectivity index (χ0n) is 46.4. The average molecular weight is 1320 g/mol. The van der Waals surface area contributed by atoms with Crippen LogP contribution in [0.3, 0.4) is 0 Å². The van der Waals surface area contributed by atoms with E-state index in [0.29, 0.717) is 29.2 Å². The Hall–Kier alpha value is -4.18. The summed E-state index contributed by atoms with van der Waals surface area (Å²) in [5.41, 5.74) is 1.46. The van der Waals surface area contributed by atoms with Crippen LogP contribution in [0.15, 0.2) is 153 Å². The molecule has 0 aromatic heterocycles. The molecule has 2 unspecified atom stereocenters. The molecule has 0 bridgehead atoms. The summed E-state index contributed by atoms with van der Waals surface area (Å²) in [6, 6.07) is 30.3. The maximum atomic E-state index is 13.7. The van der Waals surface area contributed by atoms with Gasteiger partial charge in [-0.1, -0.05) is 35.0 Å². The van der Waals surface area contributed by atoms with Crippen LogP contribution >= 0.6 is 12.0 Å². The number of hydrogen-bond donors (Lipinski definition) is 6. The molecule has 87 heavy (non-hydrogen) atoms. The van der Waals surface area contributed by atoms with Gasteiger partial charge in [-0.25, -0.2) is 30.0 Å². The van der Waals surface area contributed by atoms with Gasteiger partial charge >= 0.3 is 154 Å². The fourth-order valence-electron chi connectivity index (χ4n) is 7.98. The van der Waals surface area contributed by atoms with Crippen molar-refractivity contribution in [2.24, 2.45) is 5.34 Å². The van der Waals surface area contributed by atoms with Crippen molar-refractivity contribution in [2.45, 2.75) is 28.5 Å². The van der Waals surface area contributed by atoms with Gasteiger partial charge in [-0.3, -0.25) is 23.5 Å². The van der Waals surface area contributed by atoms with E-state index in [1.807, 2.05) is 0 Å². The number of nitrogens with one attached hydrogen (secondary N) is 6. The molecule has 36 heteroatoms. The number of urea groups is 1. The van der Waals surface area contributed by atoms with Crippen LogP contribution in [0.2, 0.25) is 0 Å². The predicted octanol–water partition coefficient (Wildman–Crippen LogP) is -7.06. The molecule has 8 rings (SSSR count). The minimum atomic E-state index is -5.62. The first-order valence-electron chi connectivity index (χ1n) is 22.8. The normalized spacial score (nSPS) is 11.4. The Labute approximate surface area is 615 Å². The Balaban J connectivity index is 0.00000396. The van der Waals surface area contributed by atoms with E-state index in [4.69, 9.17) is 4.18 Å². The Morgan fingerprint density at radius 1 is 0.517 bits per heavy atom. The van der Waals surface area contributed by atoms with Gasteiger partial charge in [0.25, 0.3) is 23.6 Å². The quantitative estimate of drug-likeness (QED) is 0.00833. The van der Waals surface area contributed by atoms with E-state index < -0.39 is 105 Å². The number of anilines is 6. The van der Waals surface area contributed by atoms with Crippen molar-refractivity contribution in [2.75, 3.05) is 31.9 Å². The van der Waals surface area contributed by atoms with E-state index in [-0.39, 0.29) is 226 Å². The van der Waals surface area contributed by atoms with Crippen LogP contribution in [0.1, 0.15) is 52.6 Å². The third kappa shape index (κ3) is 19.9. The Morgan fingerprint density at radius 2 is 0.954 bits per heavy atom. The van der Waals surface area contributed by atoms with Crippen molar-refractivity contribution in [3.8, 4) is 11.5 Å². The molecule has 0 heterocycles. The standard InChI is InChI=1S/C51H38N7O19S5.5Na/c1-26-12-14-30(49(61)54-37-16-18-41(75-79(65)66)35-10-5-11-43(45(35)37)78-77-58-64)22-39(26)56-47(59)28-6-3-8-32(20-28)52-51(63)53-33-9-4-7-29(21-33)48(60)57-40-23-31(15-13-27(40)2)50(62)55-38-17-19-42(76-80(67)68)36-24-34(81(69,70)71)25-44(46(36)38)82(72,73)74;;;;;/h3-4,6-25H,1-2H3,(H,54,61)(H,55,62)(H,56,59)(H,57,60)(H,65,66)(H,67,68)(H2,52,53,63)(H,69,70,71)(H,72,73,74);;;;;/q-1;5*+1/p-4. The fourth-order valence-corrected chi connectivity index (χ4v) is 10.4. The van der Waals surface area contributed by atoms with Gasteiger partial charge in [0.15, 0.2) is 5.34 Å². The number of nitrogens with zero attached hydrogens (tertiary/aromatic N) is 1. The van der Waals surface area contributed by atoms with Crippen molar-refractivity contribution >= 4 is 140 Å². The van der Waals surface area contributed by atoms with Crippen molar-refractivity contribution in [3.63, 3.8) is 0 Å². The van der Waals surface area contributed by atoms with Gasteiger partial charge in [0, 0.05) is 61.5 Å². The SMILES string of the molecule is Cc1ccc(C(=O)Nc2ccc(OS(=O)[O-])c3c[c-]cc(SON=O)c23)cc1NC(=O)c1cccc(NC(=O)Nc2cccc(C(=O)Nc3cc(C(=O)Nc4ccc(OS(=O)[O-])c5cc(S(=O)(=O)[O-])cc(S(=O)(=O)[O-])c45)ccc3C)c2)c1.[Na+].[Na+].[Na+].[Na+].[Na+]. The van der Waals surface area contributed by atoms with Crippen molar-refractivity contribution in [3.05, 3.63) is 178 Å². The van der Waals surface area contributed by atoms with Crippen molar-refractivity contribution in [1.29, 1.82) is 0 Å². The van der Waals surface area contributed by atoms with Gasteiger partial charge in [0.2, 0.25) is 0 Å². The van der Waals surface area contributed by atoms with E-state index in [1.54, 1.807) is 19.9 Å². The van der Waals surface area contributed by atoms with Gasteiger partial charge in [0.1, 0.15) is 48.7 Å². The minimum absolute atomic E-state index is 0. The molecule has 0 aliphatic carbocycles. The van der Waals surface area contributed by atoms with Crippen molar-refractivity contribution in [1.82, 2.24) is 0 Å². The van der Waals surface area contributed by atoms with E-state index in [2.05, 4.69) is 51.8 Å². The first-order valence-corrected chi connectivity index (χ1v) is 28.4. The van der Waals surface area contributed by atoms with Crippen LogP contribution in [-0.4, -0.2) is 73.1 Å². The summed E-state index contributed by atoms with van der Waals surface area (Å²) in [6.45, 7) is 3.28. The van der Waals surface area contributed by atoms with Gasteiger partial charge in [0.05, 0.1) is 33.3 Å². The zero-order chi connectivity index (χ0) is 59.2. The number of carbonyl (C=O) groups is 5. The van der Waals surface area contributed by atoms with Crippen LogP contribution in [-0.2, 0) is 47.2 Å². The molecule has 0 spiro atoms. The molecule has 0 saturated heterocycles. The molecule has 6 N–H and O–H groups in total. The Morgan fingerprint density at radius 3 is 1.39 bits per heavy atom. The van der Waals surface area contributed by atoms with E-state index >= 15 is 0 Å². The summed E-state index contributed by atoms with van der Waals surface area (Å²) < 4.78 is 133. The number of hydrogen-bond acceptors (Lipinski definition) is 21. The molecule has 26 nitrogen and oxygen atoms in total. The second-order valence-corrected chi connectivity index (χ2v) is 21.6. The topological polar surface area (TPSA) is 409 Å². The van der Waals surface area contributed by atoms with Crippen molar-refractivity contribution < 1.29 is 228 Å². The van der Waals surface area contributed by atoms with Crippen LogP contribution in [0.25, 0.3) is 21.5 Å². The molecule has 422 valence electrons. The van der Waals surface area contributed by atoms with E-state index in [1.165, 1.54) is 103 Å². The Bertz CT molecular complexity index is 4290. The number of amides is 6. The molecule has 0 fully saturated rings. The van der Waals surface area contributed by atoms with Gasteiger partial charge < -0.3 is 58.5 Å². The molecule has 0 saturated carbocycles. The molecular formula is C51H34N7Na5O19S5. The third-order valence-electron chi connectivity index (χ3n) is 11.7. The summed E-state index contributed by atoms with van der Waals surface area (Å²) in [4.78, 5) is 76.3. The Kier molecular flexibility index (Phi) is 29.9. The van der Waals surface area contributed by atoms with Gasteiger partial charge in [-0.15, -0.1) is 4.91 Å². The van der Waals surface area contributed by atoms with Gasteiger partial charge in [-0.2, -0.15) is 18.2 Å². The smallest absolute Gasteiger partial charge is 0.744 e. The fraction of sp³-hybridized carbons (Fsp3) is 0.0392. The minimum Gasteiger partial charge on any atom is -0.744 e. The number of fused-ring (bicyclic) bond motifs is 2. The van der Waals surface area contributed by atoms with Crippen LogP contribution in [0, 0.1) is 24.8 Å². The third-order valence-corrected chi connectivity index (χ3v) is 14.6. The maximum Gasteiger partial charge on any atom is 1.00 e. The second kappa shape index (κ2) is 33.8. The number of rotatable bonds is 19. The largest absolute Gasteiger partial charge is 1.00 e. The van der Waals surface area contributed by atoms with Crippen LogP contribution < -0.4 is 188 Å². The molecule has 0 aliphatic rings. The average Bonchev–Trinajstić information content (AvgIpc) is 1.86. The molecular weight excluding hydrogens is 1290 g/mol. The molecule has 8 aromatic carbocycles. The summed E-state index contributed by atoms with van der Waals surface area (Å²) >= 11 is -5.74. The van der Waals surface area contributed by atoms with E-state index in [0.717, 1.165) is 12.1 Å². The second-order valence-electron chi connectivity index (χ2n) is 17.0. The monoisotopic (exact) mass is 1320 g/mol. The summed E-state index contributed by atoms with van der Waals surface area (Å²) in [5.74, 6) is -3.75. The molecule has 2 atom stereocenters. The zero-order valence-corrected chi connectivity index (χ0v) is 60.5. The van der Waals surface area contributed by atoms with Crippen LogP contribution in [0.4, 0.5) is 38.9 Å². The summed E-state index contributed by atoms with van der Waals surface area (Å²) in [6.07, 6.45) is 0. The summed E-state index contributed by atoms with van der Waals surface area (Å²) in [7, 11) is -11.0. The van der Waals surface area contributed by atoms with Gasteiger partial charge in [-0.05, 0) is 127 Å². The first kappa shape index (κ1) is 77.1. The molecule has 8 aromatic rings. The van der Waals surface area contributed by atoms with Crippen LogP contribution in [0.5, 0.6) is 11.5 Å². The first-order chi connectivity index (χ1) is 38.9. The maximum absolute atomic E-state index is 13.7. The van der Waals surface area contributed by atoms with E-state index in [9.17, 15) is 72.3 Å². The molecule has 0 radical (unpaired) electrons. The molecule has 0 aliphatic heterocycles. The number of benzene rings is 8. The summed E-state index contributed by atoms with van der Waals surface area (Å²) in [5, 5.41) is 17.2. The predicted molar refractivity (Wildman–Crippen MR) is 294 cm³/mol.